The molecule has 0 heterocycles. The topological polar surface area (TPSA) is 58.6 Å². The van der Waals surface area contributed by atoms with Crippen molar-refractivity contribution in [3.8, 4) is 5.75 Å². The lowest BCUT2D eigenvalue weighted by atomic mass is 9.86. The molecule has 0 aromatic heterocycles. The molecule has 30 heavy (non-hydrogen) atoms. The fourth-order valence-corrected chi connectivity index (χ4v) is 3.19. The van der Waals surface area contributed by atoms with Crippen LogP contribution in [-0.2, 0) is 21.5 Å². The van der Waals surface area contributed by atoms with Crippen LogP contribution >= 0.6 is 0 Å². The van der Waals surface area contributed by atoms with Crippen LogP contribution in [0.1, 0.15) is 52.2 Å². The molecule has 0 aliphatic rings. The number of nitrogens with one attached hydrogen (secondary N) is 1. The maximum atomic E-state index is 13.1. The Bertz CT molecular complexity index is 828. The molecule has 0 fully saturated rings. The van der Waals surface area contributed by atoms with Gasteiger partial charge in [0.15, 0.2) is 6.61 Å². The normalized spacial score (nSPS) is 12.2. The highest BCUT2D eigenvalue weighted by Gasteiger charge is 2.27. The van der Waals surface area contributed by atoms with Gasteiger partial charge >= 0.3 is 0 Å². The van der Waals surface area contributed by atoms with Crippen molar-refractivity contribution in [2.45, 2.75) is 59.0 Å². The minimum atomic E-state index is -0.592. The number of benzene rings is 2. The molecular weight excluding hydrogens is 376 g/mol. The second-order valence-electron chi connectivity index (χ2n) is 8.51. The van der Waals surface area contributed by atoms with Crippen molar-refractivity contribution < 1.29 is 14.3 Å². The monoisotopic (exact) mass is 410 g/mol. The van der Waals surface area contributed by atoms with Crippen LogP contribution in [0.5, 0.6) is 5.75 Å². The number of hydrogen-bond acceptors (Lipinski definition) is 3. The minimum Gasteiger partial charge on any atom is -0.483 e. The van der Waals surface area contributed by atoms with Gasteiger partial charge in [0.1, 0.15) is 11.8 Å². The van der Waals surface area contributed by atoms with Gasteiger partial charge in [0.2, 0.25) is 5.91 Å². The van der Waals surface area contributed by atoms with E-state index in [1.807, 2.05) is 61.5 Å². The molecule has 2 aromatic carbocycles. The fraction of sp³-hybridized carbons (Fsp3) is 0.440. The Labute approximate surface area is 180 Å². The standard InChI is InChI=1S/C25H34N2O3/c1-6-16-26-24(29)19(2)27(17-20-12-8-7-9-13-20)23(28)18-30-22-15-11-10-14-21(22)25(3,4)5/h7-15,19H,6,16-18H2,1-5H3,(H,26,29). The first-order chi connectivity index (χ1) is 14.2. The van der Waals surface area contributed by atoms with Crippen LogP contribution in [-0.4, -0.2) is 35.9 Å². The molecule has 5 heteroatoms. The zero-order chi connectivity index (χ0) is 22.1. The number of carbonyl (C=O) groups excluding carboxylic acids is 2. The van der Waals surface area contributed by atoms with E-state index in [9.17, 15) is 9.59 Å². The third-order valence-corrected chi connectivity index (χ3v) is 4.96. The zero-order valence-electron chi connectivity index (χ0n) is 18.8. The molecule has 0 saturated carbocycles. The Balaban J connectivity index is 2.17. The summed E-state index contributed by atoms with van der Waals surface area (Å²) in [4.78, 5) is 27.3. The molecule has 0 bridgehead atoms. The minimum absolute atomic E-state index is 0.100. The van der Waals surface area contributed by atoms with Crippen molar-refractivity contribution in [3.05, 3.63) is 65.7 Å². The maximum absolute atomic E-state index is 13.1. The first-order valence-electron chi connectivity index (χ1n) is 10.6. The summed E-state index contributed by atoms with van der Waals surface area (Å²) in [6.07, 6.45) is 0.845. The Kier molecular flexibility index (Phi) is 8.46. The second kappa shape index (κ2) is 10.8. The fourth-order valence-electron chi connectivity index (χ4n) is 3.19. The highest BCUT2D eigenvalue weighted by atomic mass is 16.5. The smallest absolute Gasteiger partial charge is 0.261 e. The highest BCUT2D eigenvalue weighted by Crippen LogP contribution is 2.31. The van der Waals surface area contributed by atoms with E-state index in [2.05, 4.69) is 26.1 Å². The molecule has 2 rings (SSSR count). The summed E-state index contributed by atoms with van der Waals surface area (Å²) in [6.45, 7) is 10.9. The van der Waals surface area contributed by atoms with Gasteiger partial charge in [-0.3, -0.25) is 9.59 Å². The molecule has 0 radical (unpaired) electrons. The van der Waals surface area contributed by atoms with Crippen LogP contribution in [0.25, 0.3) is 0 Å². The lowest BCUT2D eigenvalue weighted by Gasteiger charge is -2.29. The number of hydrogen-bond donors (Lipinski definition) is 1. The van der Waals surface area contributed by atoms with Crippen molar-refractivity contribution in [1.29, 1.82) is 0 Å². The van der Waals surface area contributed by atoms with Gasteiger partial charge in [0.25, 0.3) is 5.91 Å². The van der Waals surface area contributed by atoms with Crippen molar-refractivity contribution in [3.63, 3.8) is 0 Å². The zero-order valence-corrected chi connectivity index (χ0v) is 18.8. The third kappa shape index (κ3) is 6.61. The van der Waals surface area contributed by atoms with Gasteiger partial charge in [-0.2, -0.15) is 0 Å². The van der Waals surface area contributed by atoms with Gasteiger partial charge in [-0.15, -0.1) is 0 Å². The molecule has 162 valence electrons. The van der Waals surface area contributed by atoms with E-state index >= 15 is 0 Å². The lowest BCUT2D eigenvalue weighted by molar-refractivity contribution is -0.142. The van der Waals surface area contributed by atoms with Crippen LogP contribution in [0.2, 0.25) is 0 Å². The van der Waals surface area contributed by atoms with Crippen LogP contribution < -0.4 is 10.1 Å². The van der Waals surface area contributed by atoms with Gasteiger partial charge < -0.3 is 15.0 Å². The first kappa shape index (κ1) is 23.5. The third-order valence-electron chi connectivity index (χ3n) is 4.96. The number of amides is 2. The van der Waals surface area contributed by atoms with E-state index < -0.39 is 6.04 Å². The number of para-hydroxylation sites is 1. The van der Waals surface area contributed by atoms with Crippen molar-refractivity contribution in [1.82, 2.24) is 10.2 Å². The van der Waals surface area contributed by atoms with E-state index in [0.29, 0.717) is 18.8 Å². The van der Waals surface area contributed by atoms with E-state index in [1.165, 1.54) is 0 Å². The Hall–Kier alpha value is -2.82. The molecule has 0 saturated heterocycles. The van der Waals surface area contributed by atoms with Gasteiger partial charge in [-0.1, -0.05) is 76.2 Å². The van der Waals surface area contributed by atoms with E-state index in [1.54, 1.807) is 11.8 Å². The summed E-state index contributed by atoms with van der Waals surface area (Å²) in [6, 6.07) is 16.9. The number of carbonyl (C=O) groups is 2. The first-order valence-corrected chi connectivity index (χ1v) is 10.6. The molecule has 0 aliphatic carbocycles. The van der Waals surface area contributed by atoms with E-state index in [4.69, 9.17) is 4.74 Å². The molecule has 0 aliphatic heterocycles. The summed E-state index contributed by atoms with van der Waals surface area (Å²) >= 11 is 0. The molecule has 1 unspecified atom stereocenters. The predicted molar refractivity (Wildman–Crippen MR) is 120 cm³/mol. The molecule has 1 atom stereocenters. The Morgan fingerprint density at radius 2 is 1.67 bits per heavy atom. The van der Waals surface area contributed by atoms with E-state index in [-0.39, 0.29) is 23.8 Å². The summed E-state index contributed by atoms with van der Waals surface area (Å²) in [7, 11) is 0. The van der Waals surface area contributed by atoms with E-state index in [0.717, 1.165) is 17.5 Å². The van der Waals surface area contributed by atoms with Crippen LogP contribution in [0.15, 0.2) is 54.6 Å². The van der Waals surface area contributed by atoms with Gasteiger partial charge in [-0.05, 0) is 36.0 Å². The molecule has 1 N–H and O–H groups in total. The summed E-state index contributed by atoms with van der Waals surface area (Å²) in [5.74, 6) is 0.319. The maximum Gasteiger partial charge on any atom is 0.261 e. The molecular formula is C25H34N2O3. The highest BCUT2D eigenvalue weighted by molar-refractivity contribution is 5.87. The number of rotatable bonds is 9. The second-order valence-corrected chi connectivity index (χ2v) is 8.51. The SMILES string of the molecule is CCCNC(=O)C(C)N(Cc1ccccc1)C(=O)COc1ccccc1C(C)(C)C. The molecule has 5 nitrogen and oxygen atoms in total. The molecule has 0 spiro atoms. The average Bonchev–Trinajstić information content (AvgIpc) is 2.74. The van der Waals surface area contributed by atoms with Crippen molar-refractivity contribution in [2.24, 2.45) is 0 Å². The summed E-state index contributed by atoms with van der Waals surface area (Å²) in [5, 5.41) is 2.88. The summed E-state index contributed by atoms with van der Waals surface area (Å²) < 4.78 is 5.93. The largest absolute Gasteiger partial charge is 0.483 e. The lowest BCUT2D eigenvalue weighted by Crippen LogP contribution is -2.49. The van der Waals surface area contributed by atoms with Gasteiger partial charge in [0, 0.05) is 13.1 Å². The van der Waals surface area contributed by atoms with Crippen molar-refractivity contribution in [2.75, 3.05) is 13.2 Å². The Morgan fingerprint density at radius 1 is 1.03 bits per heavy atom. The van der Waals surface area contributed by atoms with Crippen LogP contribution in [0.3, 0.4) is 0 Å². The number of nitrogens with zero attached hydrogens (tertiary/aromatic N) is 1. The van der Waals surface area contributed by atoms with Gasteiger partial charge in [0.05, 0.1) is 0 Å². The van der Waals surface area contributed by atoms with Gasteiger partial charge in [-0.25, -0.2) is 0 Å². The van der Waals surface area contributed by atoms with Crippen LogP contribution in [0.4, 0.5) is 0 Å². The predicted octanol–water partition coefficient (Wildman–Crippen LogP) is 4.31. The van der Waals surface area contributed by atoms with Crippen molar-refractivity contribution >= 4 is 11.8 Å². The molecule has 2 amide bonds. The van der Waals surface area contributed by atoms with Crippen LogP contribution in [0, 0.1) is 0 Å². The average molecular weight is 411 g/mol. The number of ether oxygens (including phenoxy) is 1. The molecule has 2 aromatic rings. The quantitative estimate of drug-likeness (QED) is 0.670. The Morgan fingerprint density at radius 3 is 2.30 bits per heavy atom. The summed E-state index contributed by atoms with van der Waals surface area (Å²) in [5.41, 5.74) is 1.91.